The number of aryl methyl sites for hydroxylation is 1. The van der Waals surface area contributed by atoms with Crippen LogP contribution in [0.5, 0.6) is 5.75 Å². The Balaban J connectivity index is 3.31. The number of methoxy groups -OCH3 is 1. The lowest BCUT2D eigenvalue weighted by Crippen LogP contribution is -2.22. The van der Waals surface area contributed by atoms with Gasteiger partial charge in [-0.3, -0.25) is 0 Å². The Morgan fingerprint density at radius 1 is 1.31 bits per heavy atom. The molecule has 0 N–H and O–H groups in total. The molecule has 0 fully saturated rings. The number of ether oxygens (including phenoxy) is 1. The van der Waals surface area contributed by atoms with Crippen LogP contribution in [0.25, 0.3) is 0 Å². The van der Waals surface area contributed by atoms with Gasteiger partial charge in [-0.1, -0.05) is 25.4 Å². The lowest BCUT2D eigenvalue weighted by atomic mass is 9.94. The van der Waals surface area contributed by atoms with Crippen molar-refractivity contribution in [1.29, 1.82) is 0 Å². The van der Waals surface area contributed by atoms with E-state index in [1.165, 1.54) is 33.1 Å². The van der Waals surface area contributed by atoms with E-state index < -0.39 is 11.8 Å². The van der Waals surface area contributed by atoms with Crippen LogP contribution in [0.1, 0.15) is 25.0 Å². The van der Waals surface area contributed by atoms with Gasteiger partial charge in [0.05, 0.1) is 12.1 Å². The highest BCUT2D eigenvalue weighted by atomic mass is 35.5. The highest BCUT2D eigenvalue weighted by Crippen LogP contribution is 2.40. The Kier molecular flexibility index (Phi) is 3.79. The molecule has 1 rings (SSSR count). The lowest BCUT2D eigenvalue weighted by Gasteiger charge is -2.23. The van der Waals surface area contributed by atoms with Crippen molar-refractivity contribution >= 4 is 11.6 Å². The zero-order valence-electron chi connectivity index (χ0n) is 9.77. The third-order valence-electron chi connectivity index (χ3n) is 2.58. The van der Waals surface area contributed by atoms with Gasteiger partial charge in [-0.25, -0.2) is 8.78 Å². The Labute approximate surface area is 99.4 Å². The summed E-state index contributed by atoms with van der Waals surface area (Å²) in [5.74, 6) is -3.22. The van der Waals surface area contributed by atoms with Gasteiger partial charge in [-0.05, 0) is 24.6 Å². The number of hydrogen-bond acceptors (Lipinski definition) is 1. The van der Waals surface area contributed by atoms with E-state index >= 15 is 0 Å². The van der Waals surface area contributed by atoms with Crippen LogP contribution in [0.2, 0.25) is 5.02 Å². The smallest absolute Gasteiger partial charge is 0.275 e. The molecule has 1 aromatic carbocycles. The summed E-state index contributed by atoms with van der Waals surface area (Å²) in [6.45, 7) is 4.60. The van der Waals surface area contributed by atoms with Crippen LogP contribution in [0.3, 0.4) is 0 Å². The summed E-state index contributed by atoms with van der Waals surface area (Å²) in [7, 11) is 1.46. The summed E-state index contributed by atoms with van der Waals surface area (Å²) in [6.07, 6.45) is 0. The maximum absolute atomic E-state index is 13.9. The minimum absolute atomic E-state index is 0.0340. The van der Waals surface area contributed by atoms with Crippen LogP contribution in [0, 0.1) is 12.8 Å². The maximum atomic E-state index is 13.9. The second-order valence-corrected chi connectivity index (χ2v) is 4.49. The van der Waals surface area contributed by atoms with Gasteiger partial charge in [0.1, 0.15) is 5.75 Å². The Hall–Kier alpha value is -0.830. The average Bonchev–Trinajstić information content (AvgIpc) is 2.20. The van der Waals surface area contributed by atoms with E-state index in [9.17, 15) is 8.78 Å². The predicted molar refractivity (Wildman–Crippen MR) is 61.5 cm³/mol. The van der Waals surface area contributed by atoms with Gasteiger partial charge in [0.15, 0.2) is 0 Å². The molecule has 0 unspecified atom stereocenters. The molecule has 4 heteroatoms. The Bertz CT molecular complexity index is 389. The summed E-state index contributed by atoms with van der Waals surface area (Å²) in [4.78, 5) is 0. The van der Waals surface area contributed by atoms with Crippen LogP contribution in [-0.2, 0) is 5.92 Å². The van der Waals surface area contributed by atoms with Crippen molar-refractivity contribution in [3.8, 4) is 5.75 Å². The molecule has 0 radical (unpaired) electrons. The van der Waals surface area contributed by atoms with E-state index in [1.54, 1.807) is 6.92 Å². The highest BCUT2D eigenvalue weighted by Gasteiger charge is 2.37. The fourth-order valence-electron chi connectivity index (χ4n) is 1.48. The van der Waals surface area contributed by atoms with E-state index in [2.05, 4.69) is 0 Å². The second kappa shape index (κ2) is 4.58. The molecule has 0 heterocycles. The quantitative estimate of drug-likeness (QED) is 0.770. The Morgan fingerprint density at radius 3 is 2.31 bits per heavy atom. The van der Waals surface area contributed by atoms with Crippen LogP contribution < -0.4 is 4.74 Å². The van der Waals surface area contributed by atoms with Gasteiger partial charge >= 0.3 is 0 Å². The van der Waals surface area contributed by atoms with Gasteiger partial charge < -0.3 is 4.74 Å². The van der Waals surface area contributed by atoms with Crippen LogP contribution in [0.15, 0.2) is 12.1 Å². The maximum Gasteiger partial charge on any atom is 0.275 e. The number of halogens is 3. The molecule has 1 nitrogen and oxygen atoms in total. The minimum Gasteiger partial charge on any atom is -0.495 e. The van der Waals surface area contributed by atoms with Crippen molar-refractivity contribution in [3.63, 3.8) is 0 Å². The van der Waals surface area contributed by atoms with E-state index in [1.807, 2.05) is 0 Å². The Morgan fingerprint density at radius 2 is 1.88 bits per heavy atom. The van der Waals surface area contributed by atoms with E-state index in [0.29, 0.717) is 11.3 Å². The van der Waals surface area contributed by atoms with Gasteiger partial charge in [-0.2, -0.15) is 0 Å². The molecule has 0 atom stereocenters. The van der Waals surface area contributed by atoms with Crippen LogP contribution in [-0.4, -0.2) is 7.11 Å². The van der Waals surface area contributed by atoms with E-state index in [-0.39, 0.29) is 10.6 Å². The molecule has 0 saturated heterocycles. The molecule has 0 aliphatic rings. The molecule has 0 spiro atoms. The summed E-state index contributed by atoms with van der Waals surface area (Å²) >= 11 is 5.85. The molecule has 0 amide bonds. The number of rotatable bonds is 3. The van der Waals surface area contributed by atoms with E-state index in [0.717, 1.165) is 0 Å². The van der Waals surface area contributed by atoms with Crippen LogP contribution in [0.4, 0.5) is 8.78 Å². The van der Waals surface area contributed by atoms with Crippen LogP contribution >= 0.6 is 11.6 Å². The zero-order chi connectivity index (χ0) is 12.5. The molecule has 0 aliphatic carbocycles. The highest BCUT2D eigenvalue weighted by molar-refractivity contribution is 6.32. The molecular weight excluding hydrogens is 234 g/mol. The second-order valence-electron chi connectivity index (χ2n) is 4.08. The number of benzene rings is 1. The lowest BCUT2D eigenvalue weighted by molar-refractivity contribution is -0.0519. The zero-order valence-corrected chi connectivity index (χ0v) is 10.5. The van der Waals surface area contributed by atoms with Crippen molar-refractivity contribution in [2.24, 2.45) is 5.92 Å². The average molecular weight is 249 g/mol. The standard InChI is InChI=1S/C12H15ClF2O/c1-7(2)12(14,15)9-6-10(13)11(16-4)5-8(9)3/h5-7H,1-4H3. The first kappa shape index (κ1) is 13.2. The first-order chi connectivity index (χ1) is 7.30. The number of alkyl halides is 2. The summed E-state index contributed by atoms with van der Waals surface area (Å²) in [6, 6.07) is 2.82. The van der Waals surface area contributed by atoms with Gasteiger partial charge in [0, 0.05) is 11.5 Å². The topological polar surface area (TPSA) is 9.23 Å². The first-order valence-corrected chi connectivity index (χ1v) is 5.41. The molecule has 0 saturated carbocycles. The van der Waals surface area contributed by atoms with E-state index in [4.69, 9.17) is 16.3 Å². The number of hydrogen-bond donors (Lipinski definition) is 0. The normalized spacial score (nSPS) is 12.0. The fraction of sp³-hybridized carbons (Fsp3) is 0.500. The van der Waals surface area contributed by atoms with Crippen molar-refractivity contribution in [3.05, 3.63) is 28.3 Å². The molecule has 90 valence electrons. The molecule has 16 heavy (non-hydrogen) atoms. The van der Waals surface area contributed by atoms with Gasteiger partial charge in [0.25, 0.3) is 5.92 Å². The van der Waals surface area contributed by atoms with Gasteiger partial charge in [0.2, 0.25) is 0 Å². The summed E-state index contributed by atoms with van der Waals surface area (Å²) in [5.41, 5.74) is 0.452. The van der Waals surface area contributed by atoms with Crippen molar-refractivity contribution in [1.82, 2.24) is 0 Å². The largest absolute Gasteiger partial charge is 0.495 e. The van der Waals surface area contributed by atoms with Crippen molar-refractivity contribution in [2.45, 2.75) is 26.7 Å². The SMILES string of the molecule is COc1cc(C)c(C(F)(F)C(C)C)cc1Cl. The monoisotopic (exact) mass is 248 g/mol. The summed E-state index contributed by atoms with van der Waals surface area (Å²) < 4.78 is 32.7. The molecule has 0 bridgehead atoms. The van der Waals surface area contributed by atoms with Gasteiger partial charge in [-0.15, -0.1) is 0 Å². The molecule has 1 aromatic rings. The fourth-order valence-corrected chi connectivity index (χ4v) is 1.72. The predicted octanol–water partition coefficient (Wildman–Crippen LogP) is 4.40. The molecular formula is C12H15ClF2O. The third-order valence-corrected chi connectivity index (χ3v) is 2.88. The van der Waals surface area contributed by atoms with Crippen molar-refractivity contribution in [2.75, 3.05) is 7.11 Å². The first-order valence-electron chi connectivity index (χ1n) is 5.03. The molecule has 0 aliphatic heterocycles. The minimum atomic E-state index is -2.88. The van der Waals surface area contributed by atoms with Crippen molar-refractivity contribution < 1.29 is 13.5 Å². The third kappa shape index (κ3) is 2.29. The molecule has 0 aromatic heterocycles. The summed E-state index contributed by atoms with van der Waals surface area (Å²) in [5, 5.41) is 0.212.